The Morgan fingerprint density at radius 1 is 1.14 bits per heavy atom. The zero-order valence-corrected chi connectivity index (χ0v) is 21.1. The second-order valence-corrected chi connectivity index (χ2v) is 9.31. The number of carbonyl (C=O) groups is 1. The third-order valence-electron chi connectivity index (χ3n) is 6.60. The molecular weight excluding hydrogens is 444 g/mol. The minimum absolute atomic E-state index is 0.00382. The lowest BCUT2D eigenvalue weighted by atomic mass is 9.94. The molecule has 35 heavy (non-hydrogen) atoms. The summed E-state index contributed by atoms with van der Waals surface area (Å²) in [6.07, 6.45) is 1.59. The number of nitrogens with one attached hydrogen (secondary N) is 1. The van der Waals surface area contributed by atoms with Gasteiger partial charge in [-0.1, -0.05) is 37.2 Å². The molecule has 1 amide bonds. The topological polar surface area (TPSA) is 89.7 Å². The number of rotatable bonds is 8. The Morgan fingerprint density at radius 3 is 2.57 bits per heavy atom. The second kappa shape index (κ2) is 10.9. The summed E-state index contributed by atoms with van der Waals surface area (Å²) in [7, 11) is 3.19. The number of nitrogens with zero attached hydrogens (tertiary/aromatic N) is 3. The maximum Gasteiger partial charge on any atom is 0.241 e. The number of hydrogen-bond acceptors (Lipinski definition) is 7. The smallest absolute Gasteiger partial charge is 0.241 e. The molecule has 2 heterocycles. The molecule has 3 aromatic rings. The fourth-order valence-electron chi connectivity index (χ4n) is 4.52. The molecule has 1 fully saturated rings. The first-order chi connectivity index (χ1) is 16.9. The molecule has 1 N–H and O–H groups in total. The van der Waals surface area contributed by atoms with Crippen molar-refractivity contribution in [2.45, 2.75) is 46.1 Å². The van der Waals surface area contributed by atoms with Crippen LogP contribution >= 0.6 is 0 Å². The first-order valence-electron chi connectivity index (χ1n) is 12.1. The minimum atomic E-state index is -0.00382. The summed E-state index contributed by atoms with van der Waals surface area (Å²) in [4.78, 5) is 19.8. The molecule has 0 spiro atoms. The number of aromatic nitrogens is 2. The summed E-state index contributed by atoms with van der Waals surface area (Å²) in [5, 5.41) is 7.35. The number of aryl methyl sites for hydroxylation is 1. The average molecular weight is 479 g/mol. The van der Waals surface area contributed by atoms with Gasteiger partial charge >= 0.3 is 0 Å². The van der Waals surface area contributed by atoms with E-state index in [-0.39, 0.29) is 11.8 Å². The quantitative estimate of drug-likeness (QED) is 0.485. The van der Waals surface area contributed by atoms with Crippen molar-refractivity contribution in [2.24, 2.45) is 5.92 Å². The highest BCUT2D eigenvalue weighted by molar-refractivity contribution is 5.94. The van der Waals surface area contributed by atoms with Crippen LogP contribution in [-0.4, -0.2) is 48.3 Å². The molecule has 1 aromatic heterocycles. The van der Waals surface area contributed by atoms with Gasteiger partial charge in [-0.05, 0) is 68.1 Å². The van der Waals surface area contributed by atoms with Crippen molar-refractivity contribution in [2.75, 3.05) is 32.6 Å². The lowest BCUT2D eigenvalue weighted by Crippen LogP contribution is -2.38. The highest BCUT2D eigenvalue weighted by atomic mass is 16.5. The van der Waals surface area contributed by atoms with E-state index in [1.165, 1.54) is 5.56 Å². The fraction of sp³-hybridized carbons (Fsp3) is 0.444. The summed E-state index contributed by atoms with van der Waals surface area (Å²) in [6.45, 7) is 8.51. The third-order valence-corrected chi connectivity index (χ3v) is 6.60. The van der Waals surface area contributed by atoms with Crippen LogP contribution in [-0.2, 0) is 11.3 Å². The standard InChI is InChI=1S/C27H34N4O4/c1-17(2)21-8-6-7-18(3)25(21)29-27(32)19-11-13-31(14-12-19)16-24-28-26(30-35-24)20-9-10-22(33-4)23(15-20)34-5/h6-10,15,17,19H,11-14,16H2,1-5H3,(H,29,32). The van der Waals surface area contributed by atoms with Crippen LogP contribution in [0, 0.1) is 12.8 Å². The van der Waals surface area contributed by atoms with Crippen molar-refractivity contribution >= 4 is 11.6 Å². The van der Waals surface area contributed by atoms with Gasteiger partial charge in [-0.2, -0.15) is 4.98 Å². The number of ether oxygens (including phenoxy) is 2. The van der Waals surface area contributed by atoms with E-state index >= 15 is 0 Å². The minimum Gasteiger partial charge on any atom is -0.493 e. The number of anilines is 1. The van der Waals surface area contributed by atoms with Crippen LogP contribution in [0.15, 0.2) is 40.9 Å². The van der Waals surface area contributed by atoms with Crippen LogP contribution in [0.1, 0.15) is 49.6 Å². The van der Waals surface area contributed by atoms with E-state index in [2.05, 4.69) is 40.3 Å². The zero-order chi connectivity index (χ0) is 24.9. The van der Waals surface area contributed by atoms with Crippen molar-refractivity contribution in [3.05, 3.63) is 53.4 Å². The average Bonchev–Trinajstić information content (AvgIpc) is 3.33. The van der Waals surface area contributed by atoms with Crippen LogP contribution in [0.25, 0.3) is 11.4 Å². The highest BCUT2D eigenvalue weighted by Gasteiger charge is 2.27. The van der Waals surface area contributed by atoms with Crippen molar-refractivity contribution < 1.29 is 18.8 Å². The van der Waals surface area contributed by atoms with Crippen molar-refractivity contribution in [1.29, 1.82) is 0 Å². The highest BCUT2D eigenvalue weighted by Crippen LogP contribution is 2.32. The molecule has 4 rings (SSSR count). The number of methoxy groups -OCH3 is 2. The van der Waals surface area contributed by atoms with E-state index in [9.17, 15) is 4.79 Å². The van der Waals surface area contributed by atoms with Crippen LogP contribution in [0.4, 0.5) is 5.69 Å². The molecule has 0 bridgehead atoms. The fourth-order valence-corrected chi connectivity index (χ4v) is 4.52. The molecular formula is C27H34N4O4. The van der Waals surface area contributed by atoms with E-state index in [4.69, 9.17) is 14.0 Å². The first-order valence-corrected chi connectivity index (χ1v) is 12.1. The lowest BCUT2D eigenvalue weighted by Gasteiger charge is -2.30. The maximum atomic E-state index is 13.0. The molecule has 2 aromatic carbocycles. The Kier molecular flexibility index (Phi) is 7.70. The summed E-state index contributed by atoms with van der Waals surface area (Å²) >= 11 is 0. The number of benzene rings is 2. The van der Waals surface area contributed by atoms with Crippen molar-refractivity contribution in [3.8, 4) is 22.9 Å². The molecule has 0 unspecified atom stereocenters. The van der Waals surface area contributed by atoms with Crippen LogP contribution in [0.3, 0.4) is 0 Å². The summed E-state index contributed by atoms with van der Waals surface area (Å²) in [5.74, 6) is 2.78. The molecule has 8 nitrogen and oxygen atoms in total. The SMILES string of the molecule is COc1ccc(-c2noc(CN3CCC(C(=O)Nc4c(C)cccc4C(C)C)CC3)n2)cc1OC. The molecule has 0 saturated carbocycles. The van der Waals surface area contributed by atoms with Gasteiger partial charge in [0.25, 0.3) is 0 Å². The summed E-state index contributed by atoms with van der Waals surface area (Å²) in [5.41, 5.74) is 4.04. The van der Waals surface area contributed by atoms with Gasteiger partial charge in [0.15, 0.2) is 11.5 Å². The summed E-state index contributed by atoms with van der Waals surface area (Å²) < 4.78 is 16.2. The molecule has 0 atom stereocenters. The van der Waals surface area contributed by atoms with Gasteiger partial charge in [0.05, 0.1) is 20.8 Å². The monoisotopic (exact) mass is 478 g/mol. The van der Waals surface area contributed by atoms with E-state index < -0.39 is 0 Å². The molecule has 1 saturated heterocycles. The lowest BCUT2D eigenvalue weighted by molar-refractivity contribution is -0.121. The van der Waals surface area contributed by atoms with Gasteiger partial charge in [0, 0.05) is 17.2 Å². The molecule has 186 valence electrons. The summed E-state index contributed by atoms with van der Waals surface area (Å²) in [6, 6.07) is 11.7. The van der Waals surface area contributed by atoms with Crippen LogP contribution in [0.2, 0.25) is 0 Å². The molecule has 1 aliphatic rings. The maximum absolute atomic E-state index is 13.0. The van der Waals surface area contributed by atoms with Gasteiger partial charge in [0.1, 0.15) is 0 Å². The van der Waals surface area contributed by atoms with E-state index in [0.29, 0.717) is 35.7 Å². The second-order valence-electron chi connectivity index (χ2n) is 9.31. The Hall–Kier alpha value is -3.39. The van der Waals surface area contributed by atoms with E-state index in [0.717, 1.165) is 42.7 Å². The Bertz CT molecular complexity index is 1170. The van der Waals surface area contributed by atoms with Crippen LogP contribution < -0.4 is 14.8 Å². The molecule has 8 heteroatoms. The predicted molar refractivity (Wildman–Crippen MR) is 135 cm³/mol. The van der Waals surface area contributed by atoms with Crippen molar-refractivity contribution in [1.82, 2.24) is 15.0 Å². The number of piperidine rings is 1. The van der Waals surface area contributed by atoms with Gasteiger partial charge in [-0.3, -0.25) is 9.69 Å². The third kappa shape index (κ3) is 5.65. The first kappa shape index (κ1) is 24.7. The molecule has 0 aliphatic carbocycles. The van der Waals surface area contributed by atoms with E-state index in [1.807, 2.05) is 37.3 Å². The van der Waals surface area contributed by atoms with Crippen LogP contribution in [0.5, 0.6) is 11.5 Å². The van der Waals surface area contributed by atoms with E-state index in [1.54, 1.807) is 14.2 Å². The predicted octanol–water partition coefficient (Wildman–Crippen LogP) is 5.04. The largest absolute Gasteiger partial charge is 0.493 e. The van der Waals surface area contributed by atoms with Crippen molar-refractivity contribution in [3.63, 3.8) is 0 Å². The Labute approximate surface area is 206 Å². The Balaban J connectivity index is 1.33. The van der Waals surface area contributed by atoms with Gasteiger partial charge in [-0.15, -0.1) is 0 Å². The number of para-hydroxylation sites is 1. The van der Waals surface area contributed by atoms with Gasteiger partial charge in [0.2, 0.25) is 17.6 Å². The Morgan fingerprint density at radius 2 is 1.89 bits per heavy atom. The zero-order valence-electron chi connectivity index (χ0n) is 21.1. The number of carbonyl (C=O) groups excluding carboxylic acids is 1. The molecule has 1 aliphatic heterocycles. The molecule has 0 radical (unpaired) electrons. The number of hydrogen-bond donors (Lipinski definition) is 1. The normalized spacial score (nSPS) is 14.8. The van der Waals surface area contributed by atoms with Gasteiger partial charge in [-0.25, -0.2) is 0 Å². The number of likely N-dealkylation sites (tertiary alicyclic amines) is 1. The van der Waals surface area contributed by atoms with Gasteiger partial charge < -0.3 is 19.3 Å². The number of amides is 1.